The lowest BCUT2D eigenvalue weighted by Crippen LogP contribution is -2.38. The summed E-state index contributed by atoms with van der Waals surface area (Å²) in [4.78, 5) is 4.81. The zero-order valence-corrected chi connectivity index (χ0v) is 13.0. The number of nitrogens with zero attached hydrogens (tertiary/aromatic N) is 1. The fraction of sp³-hybridized carbons (Fsp3) is 0.933. The molecule has 3 heteroatoms. The Morgan fingerprint density at radius 3 is 2.50 bits per heavy atom. The zero-order chi connectivity index (χ0) is 13.0. The molecule has 2 aliphatic rings. The SMILES string of the molecule is CC(C)C(C)CNC1=NCC2(CCCCC2)CS1. The molecule has 1 fully saturated rings. The van der Waals surface area contributed by atoms with Gasteiger partial charge in [0, 0.05) is 18.8 Å². The Morgan fingerprint density at radius 2 is 1.94 bits per heavy atom. The number of rotatable bonds is 3. The van der Waals surface area contributed by atoms with Crippen molar-refractivity contribution in [1.29, 1.82) is 0 Å². The molecule has 1 N–H and O–H groups in total. The lowest BCUT2D eigenvalue weighted by Gasteiger charge is -2.38. The van der Waals surface area contributed by atoms with Gasteiger partial charge in [-0.25, -0.2) is 0 Å². The van der Waals surface area contributed by atoms with Crippen LogP contribution in [-0.2, 0) is 0 Å². The third kappa shape index (κ3) is 3.66. The Kier molecular flexibility index (Phi) is 4.99. The molecule has 1 atom stereocenters. The highest BCUT2D eigenvalue weighted by molar-refractivity contribution is 8.13. The van der Waals surface area contributed by atoms with Gasteiger partial charge in [0.15, 0.2) is 5.17 Å². The maximum Gasteiger partial charge on any atom is 0.156 e. The van der Waals surface area contributed by atoms with Crippen LogP contribution >= 0.6 is 11.8 Å². The van der Waals surface area contributed by atoms with E-state index in [1.807, 2.05) is 11.8 Å². The van der Waals surface area contributed by atoms with Crippen LogP contribution < -0.4 is 5.32 Å². The van der Waals surface area contributed by atoms with Crippen LogP contribution in [0.1, 0.15) is 52.9 Å². The summed E-state index contributed by atoms with van der Waals surface area (Å²) < 4.78 is 0. The van der Waals surface area contributed by atoms with E-state index in [9.17, 15) is 0 Å². The lowest BCUT2D eigenvalue weighted by molar-refractivity contribution is 0.232. The van der Waals surface area contributed by atoms with Gasteiger partial charge in [-0.05, 0) is 30.1 Å². The maximum atomic E-state index is 4.81. The van der Waals surface area contributed by atoms with E-state index in [1.54, 1.807) is 0 Å². The maximum absolute atomic E-state index is 4.81. The topological polar surface area (TPSA) is 24.4 Å². The van der Waals surface area contributed by atoms with E-state index in [0.29, 0.717) is 5.41 Å². The molecule has 18 heavy (non-hydrogen) atoms. The third-order valence-electron chi connectivity index (χ3n) is 4.70. The molecule has 0 bridgehead atoms. The van der Waals surface area contributed by atoms with E-state index in [4.69, 9.17) is 4.99 Å². The molecule has 0 radical (unpaired) electrons. The summed E-state index contributed by atoms with van der Waals surface area (Å²) in [5.41, 5.74) is 0.553. The molecule has 1 aliphatic heterocycles. The molecule has 1 spiro atoms. The van der Waals surface area contributed by atoms with Crippen molar-refractivity contribution in [2.45, 2.75) is 52.9 Å². The predicted octanol–water partition coefficient (Wildman–Crippen LogP) is 3.92. The molecular weight excluding hydrogens is 240 g/mol. The summed E-state index contributed by atoms with van der Waals surface area (Å²) in [5.74, 6) is 2.75. The smallest absolute Gasteiger partial charge is 0.156 e. The molecule has 1 aliphatic carbocycles. The van der Waals surface area contributed by atoms with E-state index < -0.39 is 0 Å². The van der Waals surface area contributed by atoms with Crippen LogP contribution in [0.25, 0.3) is 0 Å². The van der Waals surface area contributed by atoms with E-state index in [-0.39, 0.29) is 0 Å². The van der Waals surface area contributed by atoms with Crippen LogP contribution in [0.5, 0.6) is 0 Å². The van der Waals surface area contributed by atoms with Gasteiger partial charge in [0.2, 0.25) is 0 Å². The van der Waals surface area contributed by atoms with E-state index >= 15 is 0 Å². The number of aliphatic imine (C=N–C) groups is 1. The highest BCUT2D eigenvalue weighted by Crippen LogP contribution is 2.41. The third-order valence-corrected chi connectivity index (χ3v) is 6.00. The van der Waals surface area contributed by atoms with Gasteiger partial charge in [-0.1, -0.05) is 51.8 Å². The summed E-state index contributed by atoms with van der Waals surface area (Å²) in [6.07, 6.45) is 7.08. The minimum absolute atomic E-state index is 0.553. The Balaban J connectivity index is 1.79. The first-order valence-corrected chi connectivity index (χ1v) is 8.51. The Hall–Kier alpha value is -0.180. The molecule has 1 saturated carbocycles. The fourth-order valence-electron chi connectivity index (χ4n) is 2.75. The van der Waals surface area contributed by atoms with E-state index in [2.05, 4.69) is 26.1 Å². The number of hydrogen-bond acceptors (Lipinski definition) is 3. The van der Waals surface area contributed by atoms with Gasteiger partial charge in [-0.2, -0.15) is 0 Å². The fourth-order valence-corrected chi connectivity index (χ4v) is 3.91. The highest BCUT2D eigenvalue weighted by Gasteiger charge is 2.34. The van der Waals surface area contributed by atoms with Crippen molar-refractivity contribution < 1.29 is 0 Å². The van der Waals surface area contributed by atoms with Gasteiger partial charge in [0.25, 0.3) is 0 Å². The zero-order valence-electron chi connectivity index (χ0n) is 12.2. The number of hydrogen-bond donors (Lipinski definition) is 1. The van der Waals surface area contributed by atoms with Crippen LogP contribution in [0, 0.1) is 17.3 Å². The van der Waals surface area contributed by atoms with Crippen molar-refractivity contribution in [1.82, 2.24) is 5.32 Å². The van der Waals surface area contributed by atoms with Crippen LogP contribution in [0.2, 0.25) is 0 Å². The van der Waals surface area contributed by atoms with Gasteiger partial charge in [0.1, 0.15) is 0 Å². The second-order valence-corrected chi connectivity index (χ2v) is 7.54. The molecule has 0 saturated heterocycles. The predicted molar refractivity (Wildman–Crippen MR) is 82.3 cm³/mol. The van der Waals surface area contributed by atoms with Crippen molar-refractivity contribution in [3.63, 3.8) is 0 Å². The number of thioether (sulfide) groups is 1. The van der Waals surface area contributed by atoms with Crippen molar-refractivity contribution >= 4 is 16.9 Å². The molecule has 1 heterocycles. The van der Waals surface area contributed by atoms with Gasteiger partial charge < -0.3 is 5.32 Å². The monoisotopic (exact) mass is 268 g/mol. The molecule has 0 aromatic heterocycles. The number of nitrogens with one attached hydrogen (secondary N) is 1. The molecule has 0 aromatic carbocycles. The van der Waals surface area contributed by atoms with Crippen molar-refractivity contribution in [3.8, 4) is 0 Å². The number of amidine groups is 1. The normalized spacial score (nSPS) is 25.0. The van der Waals surface area contributed by atoms with E-state index in [0.717, 1.165) is 24.9 Å². The minimum atomic E-state index is 0.553. The molecule has 2 rings (SSSR count). The summed E-state index contributed by atoms with van der Waals surface area (Å²) in [7, 11) is 0. The average Bonchev–Trinajstić information content (AvgIpc) is 2.39. The average molecular weight is 268 g/mol. The molecule has 2 nitrogen and oxygen atoms in total. The second kappa shape index (κ2) is 6.31. The van der Waals surface area contributed by atoms with Crippen molar-refractivity contribution in [2.75, 3.05) is 18.8 Å². The van der Waals surface area contributed by atoms with Gasteiger partial charge in [-0.15, -0.1) is 0 Å². The first-order valence-electron chi connectivity index (χ1n) is 7.52. The first-order chi connectivity index (χ1) is 8.61. The highest BCUT2D eigenvalue weighted by atomic mass is 32.2. The standard InChI is InChI=1S/C15H28N2S/c1-12(2)13(3)9-16-14-17-10-15(11-18-14)7-5-4-6-8-15/h12-13H,4-11H2,1-3H3,(H,16,17). The lowest BCUT2D eigenvalue weighted by atomic mass is 9.75. The van der Waals surface area contributed by atoms with Crippen LogP contribution in [-0.4, -0.2) is 24.0 Å². The molecular formula is C15H28N2S. The molecule has 0 aromatic rings. The quantitative estimate of drug-likeness (QED) is 0.839. The summed E-state index contributed by atoms with van der Waals surface area (Å²) in [6.45, 7) is 9.03. The van der Waals surface area contributed by atoms with Crippen LogP contribution in [0.4, 0.5) is 0 Å². The van der Waals surface area contributed by atoms with Crippen LogP contribution in [0.15, 0.2) is 4.99 Å². The Labute approximate surface area is 116 Å². The molecule has 104 valence electrons. The Morgan fingerprint density at radius 1 is 1.22 bits per heavy atom. The van der Waals surface area contributed by atoms with Gasteiger partial charge in [-0.3, -0.25) is 4.99 Å². The second-order valence-electron chi connectivity index (χ2n) is 6.57. The van der Waals surface area contributed by atoms with Crippen molar-refractivity contribution in [2.24, 2.45) is 22.2 Å². The van der Waals surface area contributed by atoms with Gasteiger partial charge >= 0.3 is 0 Å². The van der Waals surface area contributed by atoms with Crippen LogP contribution in [0.3, 0.4) is 0 Å². The molecule has 1 unspecified atom stereocenters. The van der Waals surface area contributed by atoms with Crippen molar-refractivity contribution in [3.05, 3.63) is 0 Å². The summed E-state index contributed by atoms with van der Waals surface area (Å²) in [5, 5.41) is 4.73. The van der Waals surface area contributed by atoms with Gasteiger partial charge in [0.05, 0.1) is 0 Å². The Bertz CT molecular complexity index is 293. The molecule has 0 amide bonds. The first kappa shape index (κ1) is 14.2. The van der Waals surface area contributed by atoms with E-state index in [1.165, 1.54) is 43.0 Å². The summed E-state index contributed by atoms with van der Waals surface area (Å²) >= 11 is 1.96. The summed E-state index contributed by atoms with van der Waals surface area (Å²) in [6, 6.07) is 0. The largest absolute Gasteiger partial charge is 0.365 e. The minimum Gasteiger partial charge on any atom is -0.365 e.